The number of carbonyl (C=O) groups excluding carboxylic acids is 1. The summed E-state index contributed by atoms with van der Waals surface area (Å²) in [5, 5.41) is 15.4. The van der Waals surface area contributed by atoms with Crippen LogP contribution in [0.4, 0.5) is 5.69 Å². The summed E-state index contributed by atoms with van der Waals surface area (Å²) in [7, 11) is 0. The normalized spacial score (nSPS) is 12.5. The largest absolute Gasteiger partial charge is 0.355 e. The van der Waals surface area contributed by atoms with Gasteiger partial charge in [0.05, 0.1) is 10.3 Å². The van der Waals surface area contributed by atoms with E-state index >= 15 is 0 Å². The summed E-state index contributed by atoms with van der Waals surface area (Å²) in [5.74, 6) is 0.0440. The molecule has 1 heterocycles. The predicted octanol–water partition coefficient (Wildman–Crippen LogP) is 2.95. The Morgan fingerprint density at radius 1 is 1.10 bits per heavy atom. The fraction of sp³-hybridized carbons (Fsp3) is 0. The molecule has 0 amide bonds. The van der Waals surface area contributed by atoms with Crippen molar-refractivity contribution in [2.75, 3.05) is 0 Å². The van der Waals surface area contributed by atoms with E-state index in [0.717, 1.165) is 0 Å². The lowest BCUT2D eigenvalue weighted by atomic mass is 9.87. The van der Waals surface area contributed by atoms with Gasteiger partial charge in [-0.15, -0.1) is 0 Å². The van der Waals surface area contributed by atoms with Crippen molar-refractivity contribution in [2.45, 2.75) is 0 Å². The molecular formula is C14H6N2O4. The zero-order valence-corrected chi connectivity index (χ0v) is 9.99. The van der Waals surface area contributed by atoms with Gasteiger partial charge >= 0.3 is 0 Å². The van der Waals surface area contributed by atoms with E-state index in [2.05, 4.69) is 5.16 Å². The first-order valence-corrected chi connectivity index (χ1v) is 5.89. The monoisotopic (exact) mass is 266 g/mol. The summed E-state index contributed by atoms with van der Waals surface area (Å²) in [6.45, 7) is 0. The van der Waals surface area contributed by atoms with Gasteiger partial charge in [0.1, 0.15) is 11.1 Å². The average molecular weight is 266 g/mol. The highest BCUT2D eigenvalue weighted by Crippen LogP contribution is 2.42. The van der Waals surface area contributed by atoms with E-state index in [4.69, 9.17) is 4.52 Å². The molecule has 1 aliphatic carbocycles. The van der Waals surface area contributed by atoms with Crippen molar-refractivity contribution in [3.8, 4) is 11.3 Å². The SMILES string of the molecule is O=C1c2ccccc2-c2onc3ccc([N+](=O)[O-])c1c23. The van der Waals surface area contributed by atoms with Gasteiger partial charge in [0.25, 0.3) is 5.69 Å². The van der Waals surface area contributed by atoms with Crippen LogP contribution in [0.1, 0.15) is 15.9 Å². The Balaban J connectivity index is 2.24. The van der Waals surface area contributed by atoms with E-state index in [1.54, 1.807) is 24.3 Å². The van der Waals surface area contributed by atoms with Crippen molar-refractivity contribution in [3.63, 3.8) is 0 Å². The van der Waals surface area contributed by atoms with Crippen molar-refractivity contribution in [1.29, 1.82) is 0 Å². The molecule has 1 aromatic heterocycles. The molecule has 2 aromatic carbocycles. The molecule has 1 aliphatic rings. The number of aromatic nitrogens is 1. The number of fused-ring (bicyclic) bond motifs is 2. The van der Waals surface area contributed by atoms with Crippen LogP contribution in [0, 0.1) is 10.1 Å². The molecule has 0 aliphatic heterocycles. The summed E-state index contributed by atoms with van der Waals surface area (Å²) < 4.78 is 5.28. The lowest BCUT2D eigenvalue weighted by Gasteiger charge is -2.13. The number of benzene rings is 2. The maximum Gasteiger partial charge on any atom is 0.281 e. The second kappa shape index (κ2) is 3.51. The Hall–Kier alpha value is -3.02. The van der Waals surface area contributed by atoms with E-state index < -0.39 is 4.92 Å². The van der Waals surface area contributed by atoms with E-state index in [0.29, 0.717) is 27.8 Å². The van der Waals surface area contributed by atoms with Crippen molar-refractivity contribution in [3.05, 3.63) is 57.6 Å². The molecule has 0 bridgehead atoms. The predicted molar refractivity (Wildman–Crippen MR) is 69.5 cm³/mol. The van der Waals surface area contributed by atoms with Gasteiger partial charge in [-0.3, -0.25) is 14.9 Å². The molecular weight excluding hydrogens is 260 g/mol. The minimum atomic E-state index is -0.558. The lowest BCUT2D eigenvalue weighted by Crippen LogP contribution is -2.11. The summed E-state index contributed by atoms with van der Waals surface area (Å²) >= 11 is 0. The first kappa shape index (κ1) is 10.9. The summed E-state index contributed by atoms with van der Waals surface area (Å²) in [4.78, 5) is 23.1. The number of nitrogens with zero attached hydrogens (tertiary/aromatic N) is 2. The number of ketones is 1. The van der Waals surface area contributed by atoms with Gasteiger partial charge in [-0.1, -0.05) is 29.4 Å². The third-order valence-electron chi connectivity index (χ3n) is 3.46. The minimum absolute atomic E-state index is 0.0578. The Morgan fingerprint density at radius 3 is 2.60 bits per heavy atom. The highest BCUT2D eigenvalue weighted by molar-refractivity contribution is 6.26. The van der Waals surface area contributed by atoms with E-state index in [-0.39, 0.29) is 17.0 Å². The van der Waals surface area contributed by atoms with E-state index in [1.165, 1.54) is 12.1 Å². The Morgan fingerprint density at radius 2 is 1.85 bits per heavy atom. The molecule has 20 heavy (non-hydrogen) atoms. The third-order valence-corrected chi connectivity index (χ3v) is 3.46. The van der Waals surface area contributed by atoms with Gasteiger partial charge in [0, 0.05) is 17.2 Å². The minimum Gasteiger partial charge on any atom is -0.355 e. The number of rotatable bonds is 1. The van der Waals surface area contributed by atoms with Crippen LogP contribution >= 0.6 is 0 Å². The van der Waals surface area contributed by atoms with Crippen LogP contribution in [0.2, 0.25) is 0 Å². The first-order chi connectivity index (χ1) is 9.68. The quantitative estimate of drug-likeness (QED) is 0.390. The van der Waals surface area contributed by atoms with Crippen molar-refractivity contribution < 1.29 is 14.2 Å². The molecule has 0 N–H and O–H groups in total. The van der Waals surface area contributed by atoms with Crippen LogP contribution in [0.5, 0.6) is 0 Å². The molecule has 6 heteroatoms. The van der Waals surface area contributed by atoms with Crippen molar-refractivity contribution in [1.82, 2.24) is 5.16 Å². The van der Waals surface area contributed by atoms with E-state index in [1.807, 2.05) is 0 Å². The number of hydrogen-bond acceptors (Lipinski definition) is 5. The first-order valence-electron chi connectivity index (χ1n) is 5.89. The zero-order chi connectivity index (χ0) is 13.9. The highest BCUT2D eigenvalue weighted by atomic mass is 16.6. The molecule has 3 aromatic rings. The summed E-state index contributed by atoms with van der Waals surface area (Å²) in [6.07, 6.45) is 0. The van der Waals surface area contributed by atoms with Crippen LogP contribution in [0.15, 0.2) is 40.9 Å². The van der Waals surface area contributed by atoms with Crippen LogP contribution < -0.4 is 0 Å². The number of carbonyl (C=O) groups is 1. The van der Waals surface area contributed by atoms with Crippen LogP contribution in [0.3, 0.4) is 0 Å². The van der Waals surface area contributed by atoms with Crippen molar-refractivity contribution >= 4 is 22.4 Å². The van der Waals surface area contributed by atoms with Gasteiger partial charge in [-0.05, 0) is 6.07 Å². The maximum absolute atomic E-state index is 12.5. The van der Waals surface area contributed by atoms with Gasteiger partial charge in [-0.2, -0.15) is 0 Å². The van der Waals surface area contributed by atoms with Gasteiger partial charge < -0.3 is 4.52 Å². The van der Waals surface area contributed by atoms with Crippen LogP contribution in [0.25, 0.3) is 22.2 Å². The number of nitro groups is 1. The zero-order valence-electron chi connectivity index (χ0n) is 9.99. The molecule has 0 atom stereocenters. The molecule has 0 fully saturated rings. The fourth-order valence-corrected chi connectivity index (χ4v) is 2.61. The standard InChI is InChI=1S/C14H6N2O4/c17-13-7-3-1-2-4-8(7)14-11-9(15-20-14)5-6-10(12(11)13)16(18)19/h1-6H. The third kappa shape index (κ3) is 1.17. The molecule has 0 spiro atoms. The highest BCUT2D eigenvalue weighted by Gasteiger charge is 2.34. The smallest absolute Gasteiger partial charge is 0.281 e. The second-order valence-corrected chi connectivity index (χ2v) is 4.50. The molecule has 6 nitrogen and oxygen atoms in total. The molecule has 0 saturated carbocycles. The van der Waals surface area contributed by atoms with Gasteiger partial charge in [0.15, 0.2) is 5.76 Å². The van der Waals surface area contributed by atoms with Gasteiger partial charge in [-0.25, -0.2) is 0 Å². The van der Waals surface area contributed by atoms with Crippen molar-refractivity contribution in [2.24, 2.45) is 0 Å². The number of nitro benzene ring substituents is 1. The van der Waals surface area contributed by atoms with Crippen LogP contribution in [-0.2, 0) is 0 Å². The lowest BCUT2D eigenvalue weighted by molar-refractivity contribution is -0.385. The molecule has 0 unspecified atom stereocenters. The Bertz CT molecular complexity index is 911. The molecule has 96 valence electrons. The second-order valence-electron chi connectivity index (χ2n) is 4.50. The molecule has 0 radical (unpaired) electrons. The van der Waals surface area contributed by atoms with Gasteiger partial charge in [0.2, 0.25) is 5.78 Å². The Kier molecular flexibility index (Phi) is 1.90. The molecule has 0 saturated heterocycles. The summed E-state index contributed by atoms with van der Waals surface area (Å²) in [6, 6.07) is 9.65. The van der Waals surface area contributed by atoms with E-state index in [9.17, 15) is 14.9 Å². The maximum atomic E-state index is 12.5. The topological polar surface area (TPSA) is 86.2 Å². The average Bonchev–Trinajstić information content (AvgIpc) is 2.89. The fourth-order valence-electron chi connectivity index (χ4n) is 2.61. The summed E-state index contributed by atoms with van der Waals surface area (Å²) in [5.41, 5.74) is 1.30. The Labute approximate surface area is 111 Å². The number of hydrogen-bond donors (Lipinski definition) is 0. The molecule has 4 rings (SSSR count). The van der Waals surface area contributed by atoms with Crippen LogP contribution in [-0.4, -0.2) is 15.9 Å².